The molecule has 10 heteroatoms. The third-order valence-corrected chi connectivity index (χ3v) is 7.45. The highest BCUT2D eigenvalue weighted by molar-refractivity contribution is 7.90. The maximum Gasteiger partial charge on any atom is 0.431 e. The van der Waals surface area contributed by atoms with Crippen LogP contribution in [0.15, 0.2) is 41.3 Å². The Morgan fingerprint density at radius 1 is 1.12 bits per heavy atom. The van der Waals surface area contributed by atoms with Gasteiger partial charge in [0.15, 0.2) is 0 Å². The first-order chi connectivity index (χ1) is 15.2. The molecule has 1 aliphatic rings. The minimum absolute atomic E-state index is 0.109. The lowest BCUT2D eigenvalue weighted by molar-refractivity contribution is -0.140. The van der Waals surface area contributed by atoms with Crippen molar-refractivity contribution in [3.63, 3.8) is 0 Å². The fraction of sp³-hybridized carbons (Fsp3) is 0.435. The third kappa shape index (κ3) is 5.16. The number of aromatic amines is 1. The Balaban J connectivity index is 1.81. The van der Waals surface area contributed by atoms with E-state index in [0.29, 0.717) is 30.5 Å². The predicted molar refractivity (Wildman–Crippen MR) is 121 cm³/mol. The number of alkyl halides is 3. The molecular formula is C23H26F3N3O3S. The van der Waals surface area contributed by atoms with Gasteiger partial charge in [-0.1, -0.05) is 32.9 Å². The lowest BCUT2D eigenvalue weighted by atomic mass is 9.96. The van der Waals surface area contributed by atoms with E-state index in [2.05, 4.69) is 4.72 Å². The highest BCUT2D eigenvalue weighted by Crippen LogP contribution is 2.37. The van der Waals surface area contributed by atoms with Crippen LogP contribution in [-0.2, 0) is 29.3 Å². The molecule has 33 heavy (non-hydrogen) atoms. The molecule has 2 N–H and O–H groups in total. The largest absolute Gasteiger partial charge is 0.431 e. The molecule has 4 rings (SSSR count). The van der Waals surface area contributed by atoms with E-state index < -0.39 is 27.5 Å². The van der Waals surface area contributed by atoms with Crippen molar-refractivity contribution in [2.24, 2.45) is 5.41 Å². The number of nitrogens with zero attached hydrogens (tertiary/aromatic N) is 1. The molecule has 1 saturated carbocycles. The van der Waals surface area contributed by atoms with E-state index in [9.17, 15) is 26.4 Å². The van der Waals surface area contributed by atoms with Crippen molar-refractivity contribution in [2.75, 3.05) is 0 Å². The Bertz CT molecular complexity index is 1360. The van der Waals surface area contributed by atoms with Crippen molar-refractivity contribution in [1.82, 2.24) is 14.3 Å². The van der Waals surface area contributed by atoms with Gasteiger partial charge in [0.25, 0.3) is 0 Å². The zero-order valence-electron chi connectivity index (χ0n) is 18.6. The topological polar surface area (TPSA) is 84.0 Å². The van der Waals surface area contributed by atoms with Gasteiger partial charge >= 0.3 is 6.18 Å². The van der Waals surface area contributed by atoms with E-state index >= 15 is 0 Å². The summed E-state index contributed by atoms with van der Waals surface area (Å²) >= 11 is 0. The lowest BCUT2D eigenvalue weighted by Gasteiger charge is -2.20. The number of nitrogens with one attached hydrogen (secondary N) is 2. The normalized spacial score (nSPS) is 15.3. The fourth-order valence-electron chi connectivity index (χ4n) is 3.93. The first-order valence-electron chi connectivity index (χ1n) is 10.7. The third-order valence-electron chi connectivity index (χ3n) is 5.55. The number of fused-ring (bicyclic) bond motifs is 1. The summed E-state index contributed by atoms with van der Waals surface area (Å²) in [6, 6.07) is 7.16. The van der Waals surface area contributed by atoms with Crippen LogP contribution >= 0.6 is 0 Å². The Kier molecular flexibility index (Phi) is 5.73. The summed E-state index contributed by atoms with van der Waals surface area (Å²) in [7, 11) is -3.38. The molecule has 0 saturated heterocycles. The van der Waals surface area contributed by atoms with Gasteiger partial charge in [0.05, 0.1) is 5.25 Å². The van der Waals surface area contributed by atoms with E-state index in [1.165, 1.54) is 6.07 Å². The quantitative estimate of drug-likeness (QED) is 0.538. The molecule has 1 fully saturated rings. The number of sulfonamides is 1. The fourth-order valence-corrected chi connectivity index (χ4v) is 5.28. The van der Waals surface area contributed by atoms with Gasteiger partial charge in [-0.25, -0.2) is 13.1 Å². The van der Waals surface area contributed by atoms with Gasteiger partial charge < -0.3 is 9.55 Å². The minimum atomic E-state index is -4.72. The number of aromatic nitrogens is 2. The monoisotopic (exact) mass is 481 g/mol. The van der Waals surface area contributed by atoms with Crippen LogP contribution < -0.4 is 10.3 Å². The molecule has 2 aromatic heterocycles. The standard InChI is InChI=1S/C23H26F3N3O3S/c1-22(2,3)13-29-12-15(11-27-33(31,32)16-5-6-16)17-7-4-14(10-19(17)29)18-8-9-20(30)28-21(18)23(24,25)26/h4,7-10,12,16,27H,5-6,11,13H2,1-3H3,(H,28,30). The maximum atomic E-state index is 13.6. The first kappa shape index (κ1) is 23.6. The second-order valence-corrected chi connectivity index (χ2v) is 11.8. The number of benzene rings is 1. The van der Waals surface area contributed by atoms with Crippen LogP contribution in [0.25, 0.3) is 22.0 Å². The highest BCUT2D eigenvalue weighted by atomic mass is 32.2. The summed E-state index contributed by atoms with van der Waals surface area (Å²) in [5, 5.41) is 0.424. The number of rotatable bonds is 6. The number of hydrogen-bond donors (Lipinski definition) is 2. The van der Waals surface area contributed by atoms with Crippen molar-refractivity contribution < 1.29 is 21.6 Å². The van der Waals surface area contributed by atoms with E-state index in [0.717, 1.165) is 17.0 Å². The second kappa shape index (κ2) is 8.02. The van der Waals surface area contributed by atoms with Gasteiger partial charge in [0, 0.05) is 41.8 Å². The van der Waals surface area contributed by atoms with Crippen molar-refractivity contribution in [3.8, 4) is 11.1 Å². The highest BCUT2D eigenvalue weighted by Gasteiger charge is 2.36. The average molecular weight is 482 g/mol. The Morgan fingerprint density at radius 3 is 2.42 bits per heavy atom. The van der Waals surface area contributed by atoms with Crippen LogP contribution in [0, 0.1) is 5.41 Å². The summed E-state index contributed by atoms with van der Waals surface area (Å²) < 4.78 is 69.9. The van der Waals surface area contributed by atoms with Crippen LogP contribution in [0.5, 0.6) is 0 Å². The number of H-pyrrole nitrogens is 1. The molecule has 0 spiro atoms. The lowest BCUT2D eigenvalue weighted by Crippen LogP contribution is -2.26. The molecule has 1 aromatic carbocycles. The van der Waals surface area contributed by atoms with E-state index in [4.69, 9.17) is 0 Å². The van der Waals surface area contributed by atoms with Crippen molar-refractivity contribution in [1.29, 1.82) is 0 Å². The Morgan fingerprint density at radius 2 is 1.82 bits per heavy atom. The number of pyridine rings is 1. The van der Waals surface area contributed by atoms with Crippen molar-refractivity contribution in [3.05, 3.63) is 58.1 Å². The molecular weight excluding hydrogens is 455 g/mol. The van der Waals surface area contributed by atoms with Crippen LogP contribution in [0.1, 0.15) is 44.9 Å². The summed E-state index contributed by atoms with van der Waals surface area (Å²) in [6.45, 7) is 6.82. The minimum Gasteiger partial charge on any atom is -0.347 e. The van der Waals surface area contributed by atoms with E-state index in [1.807, 2.05) is 36.5 Å². The van der Waals surface area contributed by atoms with Crippen LogP contribution in [-0.4, -0.2) is 23.2 Å². The second-order valence-electron chi connectivity index (χ2n) is 9.75. The zero-order valence-corrected chi connectivity index (χ0v) is 19.4. The van der Waals surface area contributed by atoms with Gasteiger partial charge in [0.1, 0.15) is 5.69 Å². The molecule has 3 aromatic rings. The number of halogens is 3. The van der Waals surface area contributed by atoms with Crippen molar-refractivity contribution in [2.45, 2.75) is 58.1 Å². The molecule has 0 bridgehead atoms. The summed E-state index contributed by atoms with van der Waals surface area (Å²) in [6.07, 6.45) is -1.55. The van der Waals surface area contributed by atoms with Gasteiger partial charge in [-0.05, 0) is 41.5 Å². The van der Waals surface area contributed by atoms with Crippen LogP contribution in [0.4, 0.5) is 13.2 Å². The van der Waals surface area contributed by atoms with Crippen molar-refractivity contribution >= 4 is 20.9 Å². The molecule has 0 radical (unpaired) electrons. The smallest absolute Gasteiger partial charge is 0.347 e. The Labute approximate surface area is 189 Å². The molecule has 2 heterocycles. The van der Waals surface area contributed by atoms with Crippen LogP contribution in [0.3, 0.4) is 0 Å². The first-order valence-corrected chi connectivity index (χ1v) is 12.2. The van der Waals surface area contributed by atoms with Gasteiger partial charge in [-0.2, -0.15) is 13.2 Å². The summed E-state index contributed by atoms with van der Waals surface area (Å²) in [5.74, 6) is 0. The van der Waals surface area contributed by atoms with Gasteiger partial charge in [-0.15, -0.1) is 0 Å². The van der Waals surface area contributed by atoms with Crippen LogP contribution in [0.2, 0.25) is 0 Å². The average Bonchev–Trinajstić information content (AvgIpc) is 3.50. The summed E-state index contributed by atoms with van der Waals surface area (Å²) in [5.41, 5.74) is -0.408. The summed E-state index contributed by atoms with van der Waals surface area (Å²) in [4.78, 5) is 13.4. The molecule has 1 aliphatic carbocycles. The zero-order chi connectivity index (χ0) is 24.2. The molecule has 178 valence electrons. The molecule has 0 amide bonds. The predicted octanol–water partition coefficient (Wildman–Crippen LogP) is 4.64. The molecule has 0 atom stereocenters. The van der Waals surface area contributed by atoms with E-state index in [-0.39, 0.29) is 22.8 Å². The SMILES string of the molecule is CC(C)(C)Cn1cc(CNS(=O)(=O)C2CC2)c2ccc(-c3ccc(=O)[nH]c3C(F)(F)F)cc21. The maximum absolute atomic E-state index is 13.6. The Hall–Kier alpha value is -2.59. The van der Waals surface area contributed by atoms with E-state index in [1.54, 1.807) is 18.2 Å². The molecule has 6 nitrogen and oxygen atoms in total. The molecule has 0 aliphatic heterocycles. The number of hydrogen-bond acceptors (Lipinski definition) is 3. The van der Waals surface area contributed by atoms with Gasteiger partial charge in [0.2, 0.25) is 15.6 Å². The van der Waals surface area contributed by atoms with Gasteiger partial charge in [-0.3, -0.25) is 4.79 Å². The molecule has 0 unspecified atom stereocenters.